The highest BCUT2D eigenvalue weighted by atomic mass is 16.6. The Morgan fingerprint density at radius 2 is 2.05 bits per heavy atom. The predicted octanol–water partition coefficient (Wildman–Crippen LogP) is 1.31. The van der Waals surface area contributed by atoms with Gasteiger partial charge in [0.2, 0.25) is 0 Å². The van der Waals surface area contributed by atoms with Gasteiger partial charge in [-0.3, -0.25) is 19.7 Å². The molecule has 0 bridgehead atoms. The molecular formula is C12H14N2O5. The lowest BCUT2D eigenvalue weighted by atomic mass is 10.1. The summed E-state index contributed by atoms with van der Waals surface area (Å²) in [6.07, 6.45) is 0.482. The maximum atomic E-state index is 11.9. The first kappa shape index (κ1) is 14.6. The second-order valence-electron chi connectivity index (χ2n) is 4.01. The van der Waals surface area contributed by atoms with Gasteiger partial charge in [-0.05, 0) is 12.5 Å². The minimum Gasteiger partial charge on any atom is -0.480 e. The van der Waals surface area contributed by atoms with Crippen molar-refractivity contribution in [2.24, 2.45) is 0 Å². The molecule has 1 aromatic carbocycles. The van der Waals surface area contributed by atoms with Crippen LogP contribution in [0.4, 0.5) is 5.69 Å². The van der Waals surface area contributed by atoms with Crippen molar-refractivity contribution >= 4 is 17.6 Å². The van der Waals surface area contributed by atoms with Gasteiger partial charge in [0.05, 0.1) is 4.92 Å². The Hall–Kier alpha value is -2.44. The number of rotatable bonds is 5. The Kier molecular flexibility index (Phi) is 4.57. The first-order valence-corrected chi connectivity index (χ1v) is 5.61. The largest absolute Gasteiger partial charge is 0.480 e. The molecule has 19 heavy (non-hydrogen) atoms. The lowest BCUT2D eigenvalue weighted by molar-refractivity contribution is -0.385. The topological polar surface area (TPSA) is 101 Å². The molecule has 0 aromatic heterocycles. The molecule has 0 atom stereocenters. The Morgan fingerprint density at radius 1 is 1.42 bits per heavy atom. The summed E-state index contributed by atoms with van der Waals surface area (Å²) in [5.74, 6) is -1.70. The number of hydrogen-bond acceptors (Lipinski definition) is 4. The number of likely N-dealkylation sites (N-methyl/N-ethyl adjacent to an activating group) is 1. The van der Waals surface area contributed by atoms with E-state index in [-0.39, 0.29) is 11.3 Å². The zero-order valence-corrected chi connectivity index (χ0v) is 10.6. The maximum Gasteiger partial charge on any atom is 0.323 e. The molecule has 0 aliphatic heterocycles. The molecule has 0 aliphatic carbocycles. The van der Waals surface area contributed by atoms with E-state index in [0.717, 1.165) is 4.90 Å². The van der Waals surface area contributed by atoms with Crippen LogP contribution in [0.3, 0.4) is 0 Å². The Morgan fingerprint density at radius 3 is 2.53 bits per heavy atom. The molecular weight excluding hydrogens is 252 g/mol. The van der Waals surface area contributed by atoms with E-state index in [1.807, 2.05) is 0 Å². The Balaban J connectivity index is 3.08. The van der Waals surface area contributed by atoms with Crippen molar-refractivity contribution in [1.82, 2.24) is 4.90 Å². The molecule has 7 heteroatoms. The van der Waals surface area contributed by atoms with E-state index in [0.29, 0.717) is 12.0 Å². The molecule has 0 heterocycles. The fraction of sp³-hybridized carbons (Fsp3) is 0.333. The van der Waals surface area contributed by atoms with E-state index in [4.69, 9.17) is 5.11 Å². The predicted molar refractivity (Wildman–Crippen MR) is 67.1 cm³/mol. The van der Waals surface area contributed by atoms with Gasteiger partial charge >= 0.3 is 5.97 Å². The molecule has 1 rings (SSSR count). The van der Waals surface area contributed by atoms with E-state index in [9.17, 15) is 19.7 Å². The van der Waals surface area contributed by atoms with Crippen molar-refractivity contribution < 1.29 is 19.6 Å². The van der Waals surface area contributed by atoms with Gasteiger partial charge in [0.1, 0.15) is 6.54 Å². The number of carbonyl (C=O) groups excluding carboxylic acids is 1. The van der Waals surface area contributed by atoms with Gasteiger partial charge in [0, 0.05) is 24.2 Å². The average molecular weight is 266 g/mol. The fourth-order valence-electron chi connectivity index (χ4n) is 1.66. The van der Waals surface area contributed by atoms with Crippen LogP contribution in [0.15, 0.2) is 18.2 Å². The molecule has 0 aliphatic rings. The highest BCUT2D eigenvalue weighted by Crippen LogP contribution is 2.21. The van der Waals surface area contributed by atoms with E-state index in [2.05, 4.69) is 0 Å². The molecule has 0 radical (unpaired) electrons. The minimum atomic E-state index is -1.14. The van der Waals surface area contributed by atoms with Crippen LogP contribution in [0.1, 0.15) is 22.8 Å². The van der Waals surface area contributed by atoms with Crippen molar-refractivity contribution in [2.45, 2.75) is 13.3 Å². The molecule has 1 amide bonds. The standard InChI is InChI=1S/C12H14N2O5/c1-3-8-4-5-9(6-10(8)14(18)19)12(17)13(2)7-11(15)16/h4-6H,3,7H2,1-2H3,(H,15,16). The van der Waals surface area contributed by atoms with Crippen LogP contribution in [0.25, 0.3) is 0 Å². The summed E-state index contributed by atoms with van der Waals surface area (Å²) < 4.78 is 0. The molecule has 0 spiro atoms. The third kappa shape index (κ3) is 3.51. The van der Waals surface area contributed by atoms with Crippen LogP contribution >= 0.6 is 0 Å². The van der Waals surface area contributed by atoms with E-state index in [1.54, 1.807) is 6.92 Å². The summed E-state index contributed by atoms with van der Waals surface area (Å²) in [6.45, 7) is 1.32. The highest BCUT2D eigenvalue weighted by molar-refractivity contribution is 5.96. The number of nitrogens with zero attached hydrogens (tertiary/aromatic N) is 2. The van der Waals surface area contributed by atoms with Gasteiger partial charge < -0.3 is 10.0 Å². The second-order valence-corrected chi connectivity index (χ2v) is 4.01. The first-order valence-electron chi connectivity index (χ1n) is 5.61. The number of hydrogen-bond donors (Lipinski definition) is 1. The average Bonchev–Trinajstić information content (AvgIpc) is 2.36. The number of amides is 1. The first-order chi connectivity index (χ1) is 8.86. The number of aliphatic carboxylic acids is 1. The van der Waals surface area contributed by atoms with Crippen LogP contribution in [-0.2, 0) is 11.2 Å². The summed E-state index contributed by atoms with van der Waals surface area (Å²) in [5.41, 5.74) is 0.507. The van der Waals surface area contributed by atoms with Crippen molar-refractivity contribution in [3.8, 4) is 0 Å². The molecule has 0 saturated heterocycles. The lowest BCUT2D eigenvalue weighted by Crippen LogP contribution is -2.31. The number of carboxylic acids is 1. The summed E-state index contributed by atoms with van der Waals surface area (Å²) >= 11 is 0. The van der Waals surface area contributed by atoms with Gasteiger partial charge in [0.25, 0.3) is 11.6 Å². The van der Waals surface area contributed by atoms with Crippen LogP contribution in [0.2, 0.25) is 0 Å². The van der Waals surface area contributed by atoms with Crippen molar-refractivity contribution in [3.05, 3.63) is 39.4 Å². The van der Waals surface area contributed by atoms with Gasteiger partial charge in [-0.25, -0.2) is 0 Å². The van der Waals surface area contributed by atoms with E-state index in [1.165, 1.54) is 25.2 Å². The fourth-order valence-corrected chi connectivity index (χ4v) is 1.66. The molecule has 102 valence electrons. The summed E-state index contributed by atoms with van der Waals surface area (Å²) in [6, 6.07) is 4.16. The molecule has 1 N–H and O–H groups in total. The monoisotopic (exact) mass is 266 g/mol. The summed E-state index contributed by atoms with van der Waals surface area (Å²) in [4.78, 5) is 33.7. The summed E-state index contributed by atoms with van der Waals surface area (Å²) in [5, 5.41) is 19.5. The smallest absolute Gasteiger partial charge is 0.323 e. The van der Waals surface area contributed by atoms with Crippen molar-refractivity contribution in [2.75, 3.05) is 13.6 Å². The zero-order valence-electron chi connectivity index (χ0n) is 10.6. The van der Waals surface area contributed by atoms with Gasteiger partial charge in [-0.2, -0.15) is 0 Å². The molecule has 1 aromatic rings. The van der Waals surface area contributed by atoms with Crippen LogP contribution < -0.4 is 0 Å². The number of carboxylic acid groups (broad SMARTS) is 1. The maximum absolute atomic E-state index is 11.9. The van der Waals surface area contributed by atoms with E-state index < -0.39 is 23.3 Å². The van der Waals surface area contributed by atoms with Gasteiger partial charge in [-0.1, -0.05) is 13.0 Å². The molecule has 0 saturated carbocycles. The number of nitro benzene ring substituents is 1. The van der Waals surface area contributed by atoms with Gasteiger partial charge in [-0.15, -0.1) is 0 Å². The van der Waals surface area contributed by atoms with Crippen molar-refractivity contribution in [1.29, 1.82) is 0 Å². The number of carbonyl (C=O) groups is 2. The van der Waals surface area contributed by atoms with Crippen LogP contribution in [0.5, 0.6) is 0 Å². The zero-order chi connectivity index (χ0) is 14.6. The van der Waals surface area contributed by atoms with Crippen LogP contribution in [0, 0.1) is 10.1 Å². The summed E-state index contributed by atoms with van der Waals surface area (Å²) in [7, 11) is 1.33. The Bertz CT molecular complexity index is 527. The SMILES string of the molecule is CCc1ccc(C(=O)N(C)CC(=O)O)cc1[N+](=O)[O-]. The number of aryl methyl sites for hydroxylation is 1. The quantitative estimate of drug-likeness (QED) is 0.639. The minimum absolute atomic E-state index is 0.104. The third-order valence-corrected chi connectivity index (χ3v) is 2.63. The second kappa shape index (κ2) is 5.94. The third-order valence-electron chi connectivity index (χ3n) is 2.63. The van der Waals surface area contributed by atoms with E-state index >= 15 is 0 Å². The Labute approximate surface area is 109 Å². The normalized spacial score (nSPS) is 10.0. The number of nitro groups is 1. The lowest BCUT2D eigenvalue weighted by Gasteiger charge is -2.14. The number of benzene rings is 1. The molecule has 0 unspecified atom stereocenters. The highest BCUT2D eigenvalue weighted by Gasteiger charge is 2.19. The molecule has 7 nitrogen and oxygen atoms in total. The molecule has 0 fully saturated rings. The van der Waals surface area contributed by atoms with Crippen molar-refractivity contribution in [3.63, 3.8) is 0 Å². The van der Waals surface area contributed by atoms with Gasteiger partial charge in [0.15, 0.2) is 0 Å². The van der Waals surface area contributed by atoms with Crippen LogP contribution in [-0.4, -0.2) is 40.4 Å².